The van der Waals surface area contributed by atoms with Crippen molar-refractivity contribution >= 4 is 39.2 Å². The summed E-state index contributed by atoms with van der Waals surface area (Å²) < 4.78 is 0. The monoisotopic (exact) mass is 272 g/mol. The van der Waals surface area contributed by atoms with Gasteiger partial charge in [-0.15, -0.1) is 11.8 Å². The number of fused-ring (bicyclic) bond motifs is 1. The van der Waals surface area contributed by atoms with Gasteiger partial charge < -0.3 is 10.8 Å². The zero-order valence-electron chi connectivity index (χ0n) is 10.0. The quantitative estimate of drug-likeness (QED) is 0.823. The summed E-state index contributed by atoms with van der Waals surface area (Å²) in [6.07, 6.45) is 0. The predicted octanol–water partition coefficient (Wildman–Crippen LogP) is 2.37. The third kappa shape index (κ3) is 2.29. The van der Waals surface area contributed by atoms with Crippen LogP contribution in [0.2, 0.25) is 0 Å². The summed E-state index contributed by atoms with van der Waals surface area (Å²) >= 11 is 1.49. The Bertz CT molecular complexity index is 697. The summed E-state index contributed by atoms with van der Waals surface area (Å²) in [5.41, 5.74) is 7.44. The standard InChI is InChI=1S/C14H12N2O2S/c15-11-4-3-8-5-10(2-1-9(8)6-11)13-16-12(7-19-13)14(17)18/h1-6,12H,7,15H2,(H,17,18)/t12-/m1/s1. The molecule has 2 aromatic rings. The second-order valence-corrected chi connectivity index (χ2v) is 5.43. The van der Waals surface area contributed by atoms with Gasteiger partial charge in [-0.2, -0.15) is 0 Å². The Kier molecular flexibility index (Phi) is 2.91. The predicted molar refractivity (Wildman–Crippen MR) is 78.8 cm³/mol. The summed E-state index contributed by atoms with van der Waals surface area (Å²) in [4.78, 5) is 15.1. The second kappa shape index (κ2) is 4.59. The van der Waals surface area contributed by atoms with Crippen LogP contribution in [0.15, 0.2) is 41.4 Å². The smallest absolute Gasteiger partial charge is 0.329 e. The number of nitrogens with two attached hydrogens (primary N) is 1. The van der Waals surface area contributed by atoms with Gasteiger partial charge in [-0.1, -0.05) is 18.2 Å². The van der Waals surface area contributed by atoms with E-state index in [2.05, 4.69) is 4.99 Å². The molecule has 1 aliphatic rings. The van der Waals surface area contributed by atoms with Crippen molar-refractivity contribution in [1.82, 2.24) is 0 Å². The minimum absolute atomic E-state index is 0.504. The van der Waals surface area contributed by atoms with E-state index in [0.717, 1.165) is 27.1 Å². The van der Waals surface area contributed by atoms with Crippen molar-refractivity contribution in [3.05, 3.63) is 42.0 Å². The van der Waals surface area contributed by atoms with E-state index in [-0.39, 0.29) is 0 Å². The number of hydrogen-bond donors (Lipinski definition) is 2. The summed E-state index contributed by atoms with van der Waals surface area (Å²) in [5.74, 6) is -0.360. The summed E-state index contributed by atoms with van der Waals surface area (Å²) in [5, 5.41) is 11.9. The molecule has 5 heteroatoms. The first kappa shape index (κ1) is 12.0. The van der Waals surface area contributed by atoms with E-state index < -0.39 is 12.0 Å². The number of carboxylic acid groups (broad SMARTS) is 1. The molecule has 1 aliphatic heterocycles. The molecule has 1 heterocycles. The van der Waals surface area contributed by atoms with Gasteiger partial charge in [-0.3, -0.25) is 4.99 Å². The Hall–Kier alpha value is -2.01. The van der Waals surface area contributed by atoms with Crippen LogP contribution in [0.5, 0.6) is 0 Å². The third-order valence-electron chi connectivity index (χ3n) is 3.05. The Morgan fingerprint density at radius 3 is 2.74 bits per heavy atom. The molecule has 4 nitrogen and oxygen atoms in total. The molecule has 1 atom stereocenters. The first-order valence-corrected chi connectivity index (χ1v) is 6.85. The molecule has 2 aromatic carbocycles. The number of carboxylic acids is 1. The molecule has 19 heavy (non-hydrogen) atoms. The highest BCUT2D eigenvalue weighted by atomic mass is 32.2. The third-order valence-corrected chi connectivity index (χ3v) is 4.14. The molecule has 0 aliphatic carbocycles. The molecule has 0 aromatic heterocycles. The highest BCUT2D eigenvalue weighted by Crippen LogP contribution is 2.26. The zero-order valence-corrected chi connectivity index (χ0v) is 10.9. The lowest BCUT2D eigenvalue weighted by Gasteiger charge is -2.03. The lowest BCUT2D eigenvalue weighted by atomic mass is 10.1. The molecule has 0 saturated heterocycles. The van der Waals surface area contributed by atoms with E-state index >= 15 is 0 Å². The molecular weight excluding hydrogens is 260 g/mol. The lowest BCUT2D eigenvalue weighted by molar-refractivity contribution is -0.137. The van der Waals surface area contributed by atoms with Crippen LogP contribution in [0.3, 0.4) is 0 Å². The van der Waals surface area contributed by atoms with Crippen molar-refractivity contribution < 1.29 is 9.90 Å². The number of aliphatic imine (C=N–C) groups is 1. The highest BCUT2D eigenvalue weighted by Gasteiger charge is 2.25. The van der Waals surface area contributed by atoms with Crippen LogP contribution in [-0.4, -0.2) is 27.9 Å². The number of nitrogen functional groups attached to an aromatic ring is 1. The Labute approximate surface area is 114 Å². The number of benzene rings is 2. The van der Waals surface area contributed by atoms with Crippen LogP contribution in [-0.2, 0) is 4.79 Å². The van der Waals surface area contributed by atoms with Crippen LogP contribution >= 0.6 is 11.8 Å². The van der Waals surface area contributed by atoms with Crippen molar-refractivity contribution in [3.63, 3.8) is 0 Å². The molecule has 0 spiro atoms. The van der Waals surface area contributed by atoms with Gasteiger partial charge in [0, 0.05) is 17.0 Å². The first-order valence-electron chi connectivity index (χ1n) is 5.86. The van der Waals surface area contributed by atoms with E-state index in [4.69, 9.17) is 10.8 Å². The van der Waals surface area contributed by atoms with Crippen LogP contribution in [0.1, 0.15) is 5.56 Å². The van der Waals surface area contributed by atoms with Gasteiger partial charge in [0.15, 0.2) is 6.04 Å². The van der Waals surface area contributed by atoms with Gasteiger partial charge in [0.1, 0.15) is 0 Å². The maximum atomic E-state index is 10.9. The zero-order chi connectivity index (χ0) is 13.4. The number of hydrogen-bond acceptors (Lipinski definition) is 4. The van der Waals surface area contributed by atoms with Crippen molar-refractivity contribution in [2.24, 2.45) is 4.99 Å². The highest BCUT2D eigenvalue weighted by molar-refractivity contribution is 8.14. The molecule has 96 valence electrons. The molecule has 0 unspecified atom stereocenters. The molecule has 3 N–H and O–H groups in total. The summed E-state index contributed by atoms with van der Waals surface area (Å²) in [7, 11) is 0. The van der Waals surface area contributed by atoms with Crippen LogP contribution in [0.25, 0.3) is 10.8 Å². The Morgan fingerprint density at radius 2 is 2.00 bits per heavy atom. The molecule has 3 rings (SSSR count). The average molecular weight is 272 g/mol. The molecule has 0 saturated carbocycles. The summed E-state index contributed by atoms with van der Waals surface area (Å²) in [6.45, 7) is 0. The van der Waals surface area contributed by atoms with Gasteiger partial charge in [0.2, 0.25) is 0 Å². The van der Waals surface area contributed by atoms with Crippen molar-refractivity contribution in [2.45, 2.75) is 6.04 Å². The van der Waals surface area contributed by atoms with Gasteiger partial charge in [-0.05, 0) is 29.0 Å². The van der Waals surface area contributed by atoms with E-state index in [9.17, 15) is 4.79 Å². The van der Waals surface area contributed by atoms with Gasteiger partial charge in [0.05, 0.1) is 5.04 Å². The fourth-order valence-corrected chi connectivity index (χ4v) is 3.08. The number of rotatable bonds is 2. The van der Waals surface area contributed by atoms with E-state index in [1.807, 2.05) is 36.4 Å². The maximum Gasteiger partial charge on any atom is 0.329 e. The largest absolute Gasteiger partial charge is 0.480 e. The van der Waals surface area contributed by atoms with Gasteiger partial charge in [0.25, 0.3) is 0 Å². The van der Waals surface area contributed by atoms with E-state index in [1.54, 1.807) is 0 Å². The molecular formula is C14H12N2O2S. The number of anilines is 1. The summed E-state index contributed by atoms with van der Waals surface area (Å²) in [6, 6.07) is 11.1. The second-order valence-electron chi connectivity index (χ2n) is 4.42. The van der Waals surface area contributed by atoms with E-state index in [1.165, 1.54) is 11.8 Å². The molecule has 0 amide bonds. The van der Waals surface area contributed by atoms with Crippen LogP contribution < -0.4 is 5.73 Å². The van der Waals surface area contributed by atoms with E-state index in [0.29, 0.717) is 5.75 Å². The average Bonchev–Trinajstić information content (AvgIpc) is 2.88. The minimum Gasteiger partial charge on any atom is -0.480 e. The topological polar surface area (TPSA) is 75.7 Å². The number of carbonyl (C=O) groups is 1. The van der Waals surface area contributed by atoms with Gasteiger partial charge in [-0.25, -0.2) is 4.79 Å². The molecule has 0 bridgehead atoms. The van der Waals surface area contributed by atoms with Crippen LogP contribution in [0.4, 0.5) is 5.69 Å². The Morgan fingerprint density at radius 1 is 1.26 bits per heavy atom. The molecule has 0 fully saturated rings. The number of nitrogens with zero attached hydrogens (tertiary/aromatic N) is 1. The van der Waals surface area contributed by atoms with Crippen molar-refractivity contribution in [3.8, 4) is 0 Å². The number of aliphatic carboxylic acids is 1. The van der Waals surface area contributed by atoms with Gasteiger partial charge >= 0.3 is 5.97 Å². The Balaban J connectivity index is 2.00. The normalized spacial score (nSPS) is 18.5. The first-order chi connectivity index (χ1) is 9.13. The van der Waals surface area contributed by atoms with Crippen molar-refractivity contribution in [1.29, 1.82) is 0 Å². The van der Waals surface area contributed by atoms with Crippen LogP contribution in [0, 0.1) is 0 Å². The lowest BCUT2D eigenvalue weighted by Crippen LogP contribution is -2.17. The fraction of sp³-hybridized carbons (Fsp3) is 0.143. The SMILES string of the molecule is Nc1ccc2cc(C3=N[C@@H](C(=O)O)CS3)ccc2c1. The minimum atomic E-state index is -0.865. The molecule has 0 radical (unpaired) electrons. The van der Waals surface area contributed by atoms with Crippen molar-refractivity contribution in [2.75, 3.05) is 11.5 Å². The fourth-order valence-electron chi connectivity index (χ4n) is 2.06. The maximum absolute atomic E-state index is 10.9. The number of thioether (sulfide) groups is 1.